The second-order valence-corrected chi connectivity index (χ2v) is 4.90. The SMILES string of the molecule is CC(=O)O[C@H]1CC[C@H](O)C2CCCCC21. The van der Waals surface area contributed by atoms with Gasteiger partial charge >= 0.3 is 5.97 Å². The first-order chi connectivity index (χ1) is 7.18. The minimum absolute atomic E-state index is 0.0659. The van der Waals surface area contributed by atoms with Crippen LogP contribution in [-0.2, 0) is 9.53 Å². The predicted molar refractivity (Wildman–Crippen MR) is 56.2 cm³/mol. The smallest absolute Gasteiger partial charge is 0.302 e. The van der Waals surface area contributed by atoms with E-state index in [1.165, 1.54) is 19.8 Å². The third kappa shape index (κ3) is 2.33. The molecule has 2 aliphatic carbocycles. The van der Waals surface area contributed by atoms with Crippen molar-refractivity contribution in [1.82, 2.24) is 0 Å². The molecule has 2 saturated carbocycles. The Kier molecular flexibility index (Phi) is 3.29. The van der Waals surface area contributed by atoms with Crippen LogP contribution in [0.25, 0.3) is 0 Å². The quantitative estimate of drug-likeness (QED) is 0.675. The van der Waals surface area contributed by atoms with Crippen molar-refractivity contribution in [3.05, 3.63) is 0 Å². The molecule has 0 bridgehead atoms. The van der Waals surface area contributed by atoms with Crippen LogP contribution < -0.4 is 0 Å². The Morgan fingerprint density at radius 3 is 2.47 bits per heavy atom. The normalized spacial score (nSPS) is 40.7. The molecule has 3 nitrogen and oxygen atoms in total. The van der Waals surface area contributed by atoms with Crippen molar-refractivity contribution in [2.75, 3.05) is 0 Å². The molecule has 3 heteroatoms. The Labute approximate surface area is 90.8 Å². The van der Waals surface area contributed by atoms with Crippen LogP contribution in [0.15, 0.2) is 0 Å². The van der Waals surface area contributed by atoms with Crippen LogP contribution in [0.1, 0.15) is 45.4 Å². The zero-order valence-corrected chi connectivity index (χ0v) is 9.32. The van der Waals surface area contributed by atoms with E-state index in [0.29, 0.717) is 11.8 Å². The Morgan fingerprint density at radius 1 is 1.13 bits per heavy atom. The minimum atomic E-state index is -0.180. The van der Waals surface area contributed by atoms with Crippen molar-refractivity contribution in [2.45, 2.75) is 57.7 Å². The molecule has 4 atom stereocenters. The first-order valence-electron chi connectivity index (χ1n) is 6.04. The lowest BCUT2D eigenvalue weighted by atomic mass is 9.68. The molecule has 0 amide bonds. The van der Waals surface area contributed by atoms with Gasteiger partial charge in [-0.2, -0.15) is 0 Å². The number of hydrogen-bond acceptors (Lipinski definition) is 3. The number of esters is 1. The summed E-state index contributed by atoms with van der Waals surface area (Å²) >= 11 is 0. The third-order valence-electron chi connectivity index (χ3n) is 3.91. The number of aliphatic hydroxyl groups is 1. The van der Waals surface area contributed by atoms with E-state index in [1.54, 1.807) is 0 Å². The molecule has 0 aromatic rings. The molecular weight excluding hydrogens is 192 g/mol. The van der Waals surface area contributed by atoms with Gasteiger partial charge in [-0.05, 0) is 31.6 Å². The molecular formula is C12H20O3. The topological polar surface area (TPSA) is 46.5 Å². The van der Waals surface area contributed by atoms with Crippen molar-refractivity contribution in [2.24, 2.45) is 11.8 Å². The number of rotatable bonds is 1. The van der Waals surface area contributed by atoms with E-state index in [4.69, 9.17) is 4.74 Å². The molecule has 0 saturated heterocycles. The Hall–Kier alpha value is -0.570. The molecule has 0 aromatic carbocycles. The van der Waals surface area contributed by atoms with Crippen molar-refractivity contribution < 1.29 is 14.6 Å². The van der Waals surface area contributed by atoms with Gasteiger partial charge < -0.3 is 9.84 Å². The fourth-order valence-electron chi connectivity index (χ4n) is 3.25. The van der Waals surface area contributed by atoms with Crippen molar-refractivity contribution >= 4 is 5.97 Å². The molecule has 0 radical (unpaired) electrons. The Bertz CT molecular complexity index is 239. The van der Waals surface area contributed by atoms with E-state index in [-0.39, 0.29) is 18.2 Å². The monoisotopic (exact) mass is 212 g/mol. The first kappa shape index (κ1) is 10.9. The van der Waals surface area contributed by atoms with Gasteiger partial charge in [-0.1, -0.05) is 12.8 Å². The summed E-state index contributed by atoms with van der Waals surface area (Å²) in [6.07, 6.45) is 6.17. The van der Waals surface area contributed by atoms with E-state index in [0.717, 1.165) is 25.7 Å². The summed E-state index contributed by atoms with van der Waals surface area (Å²) in [7, 11) is 0. The van der Waals surface area contributed by atoms with Gasteiger partial charge in [0.2, 0.25) is 0 Å². The molecule has 1 N–H and O–H groups in total. The first-order valence-corrected chi connectivity index (χ1v) is 6.04. The molecule has 0 aliphatic heterocycles. The van der Waals surface area contributed by atoms with Crippen LogP contribution in [0, 0.1) is 11.8 Å². The summed E-state index contributed by atoms with van der Waals surface area (Å²) in [4.78, 5) is 11.0. The second-order valence-electron chi connectivity index (χ2n) is 4.90. The molecule has 2 aliphatic rings. The molecule has 0 heterocycles. The number of hydrogen-bond donors (Lipinski definition) is 1. The number of aliphatic hydroxyl groups excluding tert-OH is 1. The van der Waals surface area contributed by atoms with Crippen molar-refractivity contribution in [3.8, 4) is 0 Å². The van der Waals surface area contributed by atoms with Gasteiger partial charge in [0.15, 0.2) is 0 Å². The largest absolute Gasteiger partial charge is 0.462 e. The Morgan fingerprint density at radius 2 is 1.80 bits per heavy atom. The molecule has 0 spiro atoms. The van der Waals surface area contributed by atoms with Crippen LogP contribution in [0.3, 0.4) is 0 Å². The van der Waals surface area contributed by atoms with Gasteiger partial charge in [0.05, 0.1) is 6.10 Å². The minimum Gasteiger partial charge on any atom is -0.462 e. The second kappa shape index (κ2) is 4.52. The van der Waals surface area contributed by atoms with E-state index in [9.17, 15) is 9.90 Å². The van der Waals surface area contributed by atoms with E-state index in [1.807, 2.05) is 0 Å². The fourth-order valence-corrected chi connectivity index (χ4v) is 3.25. The summed E-state index contributed by atoms with van der Waals surface area (Å²) in [5.41, 5.74) is 0. The molecule has 2 fully saturated rings. The lowest BCUT2D eigenvalue weighted by molar-refractivity contribution is -0.158. The predicted octanol–water partition coefficient (Wildman–Crippen LogP) is 1.88. The maximum atomic E-state index is 11.0. The lowest BCUT2D eigenvalue weighted by Gasteiger charge is -2.43. The number of fused-ring (bicyclic) bond motifs is 1. The molecule has 0 aromatic heterocycles. The van der Waals surface area contributed by atoms with E-state index < -0.39 is 0 Å². The lowest BCUT2D eigenvalue weighted by Crippen LogP contribution is -2.44. The average Bonchev–Trinajstić information content (AvgIpc) is 2.22. The van der Waals surface area contributed by atoms with Crippen molar-refractivity contribution in [1.29, 1.82) is 0 Å². The highest BCUT2D eigenvalue weighted by Crippen LogP contribution is 2.41. The van der Waals surface area contributed by atoms with Crippen LogP contribution in [-0.4, -0.2) is 23.3 Å². The van der Waals surface area contributed by atoms with Gasteiger partial charge in [-0.3, -0.25) is 4.79 Å². The zero-order chi connectivity index (χ0) is 10.8. The highest BCUT2D eigenvalue weighted by Gasteiger charge is 2.41. The van der Waals surface area contributed by atoms with Crippen LogP contribution in [0.2, 0.25) is 0 Å². The van der Waals surface area contributed by atoms with Gasteiger partial charge in [0.1, 0.15) is 6.10 Å². The zero-order valence-electron chi connectivity index (χ0n) is 9.32. The van der Waals surface area contributed by atoms with Crippen molar-refractivity contribution in [3.63, 3.8) is 0 Å². The molecule has 2 rings (SSSR count). The standard InChI is InChI=1S/C12H20O3/c1-8(13)15-12-7-6-11(14)9-4-2-3-5-10(9)12/h9-12,14H,2-7H2,1H3/t9?,10?,11-,12-/m0/s1. The summed E-state index contributed by atoms with van der Waals surface area (Å²) in [5, 5.41) is 9.92. The fraction of sp³-hybridized carbons (Fsp3) is 0.917. The molecule has 86 valence electrons. The average molecular weight is 212 g/mol. The van der Waals surface area contributed by atoms with Gasteiger partial charge in [0.25, 0.3) is 0 Å². The maximum absolute atomic E-state index is 11.0. The summed E-state index contributed by atoms with van der Waals surface area (Å²) in [6, 6.07) is 0. The highest BCUT2D eigenvalue weighted by atomic mass is 16.5. The van der Waals surface area contributed by atoms with E-state index >= 15 is 0 Å². The van der Waals surface area contributed by atoms with Gasteiger partial charge in [-0.15, -0.1) is 0 Å². The van der Waals surface area contributed by atoms with Crippen LogP contribution in [0.4, 0.5) is 0 Å². The maximum Gasteiger partial charge on any atom is 0.302 e. The van der Waals surface area contributed by atoms with E-state index in [2.05, 4.69) is 0 Å². The van der Waals surface area contributed by atoms with Crippen LogP contribution in [0.5, 0.6) is 0 Å². The van der Waals surface area contributed by atoms with Crippen LogP contribution >= 0.6 is 0 Å². The number of ether oxygens (including phenoxy) is 1. The van der Waals surface area contributed by atoms with Gasteiger partial charge in [0, 0.05) is 12.8 Å². The van der Waals surface area contributed by atoms with Gasteiger partial charge in [-0.25, -0.2) is 0 Å². The summed E-state index contributed by atoms with van der Waals surface area (Å²) in [6.45, 7) is 1.48. The number of carbonyl (C=O) groups excluding carboxylic acids is 1. The number of carbonyl (C=O) groups is 1. The molecule has 2 unspecified atom stereocenters. The highest BCUT2D eigenvalue weighted by molar-refractivity contribution is 5.66. The third-order valence-corrected chi connectivity index (χ3v) is 3.91. The summed E-state index contributed by atoms with van der Waals surface area (Å²) in [5.74, 6) is 0.601. The Balaban J connectivity index is 2.03. The molecule has 15 heavy (non-hydrogen) atoms. The summed E-state index contributed by atoms with van der Waals surface area (Å²) < 4.78 is 5.36.